The highest BCUT2D eigenvalue weighted by atomic mass is 35.5. The lowest BCUT2D eigenvalue weighted by atomic mass is 10.1. The molecule has 0 aliphatic carbocycles. The number of nitrogens with zero attached hydrogens (tertiary/aromatic N) is 8. The van der Waals surface area contributed by atoms with E-state index in [1.54, 1.807) is 10.9 Å². The van der Waals surface area contributed by atoms with Crippen molar-refractivity contribution in [2.24, 2.45) is 7.05 Å². The molecular formula is C31H33ClN8O2. The van der Waals surface area contributed by atoms with Crippen LogP contribution in [0, 0.1) is 0 Å². The standard InChI is InChI=1S/C31H33ClN8O2/c1-38-19-27(36-37-38)22-4-7-28-26(17-22)34-30(40(28)18-25-11-15-41-25)20-39-13-9-24(10-14-39)42-31-8-12-33-29(35-31)16-21-2-5-23(32)6-3-21/h2-8,12,17,19,24-25H,9-11,13-16,18,20H2,1H3/t25-/m0/s1. The van der Waals surface area contributed by atoms with Crippen LogP contribution in [-0.4, -0.2) is 71.3 Å². The molecule has 5 aromatic rings. The summed E-state index contributed by atoms with van der Waals surface area (Å²) in [5.41, 5.74) is 5.09. The molecule has 42 heavy (non-hydrogen) atoms. The number of fused-ring (bicyclic) bond motifs is 1. The summed E-state index contributed by atoms with van der Waals surface area (Å²) >= 11 is 6.02. The Morgan fingerprint density at radius 2 is 1.86 bits per heavy atom. The number of aromatic nitrogens is 7. The quantitative estimate of drug-likeness (QED) is 0.246. The Morgan fingerprint density at radius 1 is 1.02 bits per heavy atom. The fourth-order valence-electron chi connectivity index (χ4n) is 5.65. The fourth-order valence-corrected chi connectivity index (χ4v) is 5.77. The van der Waals surface area contributed by atoms with Crippen molar-refractivity contribution in [2.45, 2.75) is 51.0 Å². The van der Waals surface area contributed by atoms with Gasteiger partial charge in [0.15, 0.2) is 0 Å². The molecule has 7 rings (SSSR count). The monoisotopic (exact) mass is 584 g/mol. The zero-order chi connectivity index (χ0) is 28.5. The van der Waals surface area contributed by atoms with Gasteiger partial charge < -0.3 is 14.0 Å². The Morgan fingerprint density at radius 3 is 2.60 bits per heavy atom. The number of ether oxygens (including phenoxy) is 2. The minimum Gasteiger partial charge on any atom is -0.474 e. The van der Waals surface area contributed by atoms with Gasteiger partial charge in [0.1, 0.15) is 23.4 Å². The zero-order valence-electron chi connectivity index (χ0n) is 23.6. The normalized spacial score (nSPS) is 17.9. The molecule has 2 fully saturated rings. The van der Waals surface area contributed by atoms with E-state index in [0.29, 0.717) is 12.3 Å². The van der Waals surface area contributed by atoms with E-state index in [2.05, 4.69) is 47.9 Å². The Hall–Kier alpha value is -3.86. The average molecular weight is 585 g/mol. The van der Waals surface area contributed by atoms with Crippen LogP contribution in [0.2, 0.25) is 5.02 Å². The molecule has 2 saturated heterocycles. The Balaban J connectivity index is 1.01. The van der Waals surface area contributed by atoms with Crippen LogP contribution in [0.25, 0.3) is 22.3 Å². The highest BCUT2D eigenvalue weighted by molar-refractivity contribution is 6.30. The predicted molar refractivity (Wildman–Crippen MR) is 159 cm³/mol. The highest BCUT2D eigenvalue weighted by Crippen LogP contribution is 2.27. The van der Waals surface area contributed by atoms with Gasteiger partial charge in [-0.2, -0.15) is 4.98 Å². The lowest BCUT2D eigenvalue weighted by Gasteiger charge is -2.32. The number of hydrogen-bond donors (Lipinski definition) is 0. The summed E-state index contributed by atoms with van der Waals surface area (Å²) in [6.45, 7) is 4.31. The third-order valence-corrected chi connectivity index (χ3v) is 8.30. The van der Waals surface area contributed by atoms with Crippen LogP contribution in [0.15, 0.2) is 60.9 Å². The molecule has 0 unspecified atom stereocenters. The maximum Gasteiger partial charge on any atom is 0.216 e. The van der Waals surface area contributed by atoms with Crippen LogP contribution < -0.4 is 4.74 Å². The number of imidazole rings is 1. The van der Waals surface area contributed by atoms with E-state index in [9.17, 15) is 0 Å². The molecule has 0 saturated carbocycles. The van der Waals surface area contributed by atoms with Gasteiger partial charge in [-0.15, -0.1) is 5.10 Å². The summed E-state index contributed by atoms with van der Waals surface area (Å²) in [6, 6.07) is 16.0. The number of rotatable bonds is 9. The second-order valence-corrected chi connectivity index (χ2v) is 11.5. The van der Waals surface area contributed by atoms with Crippen molar-refractivity contribution in [2.75, 3.05) is 19.7 Å². The molecule has 11 heteroatoms. The second-order valence-electron chi connectivity index (χ2n) is 11.1. The van der Waals surface area contributed by atoms with Gasteiger partial charge in [-0.25, -0.2) is 9.97 Å². The van der Waals surface area contributed by atoms with E-state index in [0.717, 1.165) is 96.6 Å². The molecule has 5 heterocycles. The molecule has 0 radical (unpaired) electrons. The summed E-state index contributed by atoms with van der Waals surface area (Å²) in [5.74, 6) is 2.44. The van der Waals surface area contributed by atoms with Gasteiger partial charge in [-0.1, -0.05) is 35.0 Å². The fraction of sp³-hybridized carbons (Fsp3) is 0.387. The first-order chi connectivity index (χ1) is 20.6. The third kappa shape index (κ3) is 6.01. The summed E-state index contributed by atoms with van der Waals surface area (Å²) in [7, 11) is 1.88. The summed E-state index contributed by atoms with van der Waals surface area (Å²) in [6.07, 6.45) is 7.65. The number of piperidine rings is 1. The first kappa shape index (κ1) is 27.0. The van der Waals surface area contributed by atoms with Crippen molar-refractivity contribution in [3.63, 3.8) is 0 Å². The van der Waals surface area contributed by atoms with Crippen LogP contribution in [0.4, 0.5) is 0 Å². The molecule has 216 valence electrons. The minimum atomic E-state index is 0.122. The van der Waals surface area contributed by atoms with Crippen LogP contribution in [0.5, 0.6) is 5.88 Å². The maximum absolute atomic E-state index is 6.31. The lowest BCUT2D eigenvalue weighted by molar-refractivity contribution is -0.0592. The largest absolute Gasteiger partial charge is 0.474 e. The van der Waals surface area contributed by atoms with Gasteiger partial charge in [0.2, 0.25) is 5.88 Å². The molecule has 0 bridgehead atoms. The van der Waals surface area contributed by atoms with Crippen LogP contribution in [0.3, 0.4) is 0 Å². The van der Waals surface area contributed by atoms with E-state index in [-0.39, 0.29) is 12.2 Å². The van der Waals surface area contributed by atoms with Crippen LogP contribution in [0.1, 0.15) is 36.5 Å². The topological polar surface area (TPSA) is 96.0 Å². The molecule has 3 aromatic heterocycles. The lowest BCUT2D eigenvalue weighted by Crippen LogP contribution is -2.39. The number of benzene rings is 2. The molecule has 2 aliphatic rings. The molecule has 10 nitrogen and oxygen atoms in total. The van der Waals surface area contributed by atoms with E-state index >= 15 is 0 Å². The number of aryl methyl sites for hydroxylation is 1. The van der Waals surface area contributed by atoms with Gasteiger partial charge in [-0.05, 0) is 49.1 Å². The highest BCUT2D eigenvalue weighted by Gasteiger charge is 2.26. The number of likely N-dealkylation sites (tertiary alicyclic amines) is 1. The van der Waals surface area contributed by atoms with Crippen molar-refractivity contribution in [3.8, 4) is 17.1 Å². The summed E-state index contributed by atoms with van der Waals surface area (Å²) < 4.78 is 16.2. The van der Waals surface area contributed by atoms with E-state index in [1.807, 2.05) is 43.6 Å². The van der Waals surface area contributed by atoms with Crippen molar-refractivity contribution in [1.29, 1.82) is 0 Å². The van der Waals surface area contributed by atoms with Crippen molar-refractivity contribution >= 4 is 22.6 Å². The zero-order valence-corrected chi connectivity index (χ0v) is 24.3. The predicted octanol–water partition coefficient (Wildman–Crippen LogP) is 4.70. The van der Waals surface area contributed by atoms with Crippen molar-refractivity contribution in [1.82, 2.24) is 39.4 Å². The molecule has 2 aliphatic heterocycles. The summed E-state index contributed by atoms with van der Waals surface area (Å²) in [5, 5.41) is 9.08. The van der Waals surface area contributed by atoms with Gasteiger partial charge in [0.05, 0.1) is 36.4 Å². The van der Waals surface area contributed by atoms with E-state index in [4.69, 9.17) is 26.1 Å². The number of halogens is 1. The SMILES string of the molecule is Cn1cc(-c2ccc3c(c2)nc(CN2CCC(Oc4ccnc(Cc5ccc(Cl)cc5)n4)CC2)n3C[C@@H]2CCO2)nn1. The smallest absolute Gasteiger partial charge is 0.216 e. The maximum atomic E-state index is 6.31. The van der Waals surface area contributed by atoms with Crippen molar-refractivity contribution in [3.05, 3.63) is 83.2 Å². The minimum absolute atomic E-state index is 0.122. The average Bonchev–Trinajstić information content (AvgIpc) is 3.55. The van der Waals surface area contributed by atoms with Crippen molar-refractivity contribution < 1.29 is 9.47 Å². The first-order valence-electron chi connectivity index (χ1n) is 14.5. The Kier molecular flexibility index (Phi) is 7.58. The summed E-state index contributed by atoms with van der Waals surface area (Å²) in [4.78, 5) is 16.7. The molecule has 1 atom stereocenters. The third-order valence-electron chi connectivity index (χ3n) is 8.05. The number of hydrogen-bond acceptors (Lipinski definition) is 8. The van der Waals surface area contributed by atoms with Crippen LogP contribution >= 0.6 is 11.6 Å². The Labute approximate surface area is 249 Å². The molecule has 2 aromatic carbocycles. The molecular weight excluding hydrogens is 552 g/mol. The van der Waals surface area contributed by atoms with Gasteiger partial charge in [0, 0.05) is 56.0 Å². The second kappa shape index (κ2) is 11.8. The Bertz CT molecular complexity index is 1670. The molecule has 0 N–H and O–H groups in total. The van der Waals surface area contributed by atoms with Gasteiger partial charge in [0.25, 0.3) is 0 Å². The van der Waals surface area contributed by atoms with Crippen LogP contribution in [-0.2, 0) is 31.3 Å². The first-order valence-corrected chi connectivity index (χ1v) is 14.9. The molecule has 0 amide bonds. The molecule has 0 spiro atoms. The van der Waals surface area contributed by atoms with Gasteiger partial charge >= 0.3 is 0 Å². The van der Waals surface area contributed by atoms with Gasteiger partial charge in [-0.3, -0.25) is 9.58 Å². The van der Waals surface area contributed by atoms with E-state index < -0.39 is 0 Å². The van der Waals surface area contributed by atoms with E-state index in [1.165, 1.54) is 0 Å².